The number of fused-ring (bicyclic) bond motifs is 1. The second-order valence-corrected chi connectivity index (χ2v) is 7.97. The average molecular weight is 468 g/mol. The molecule has 0 bridgehead atoms. The van der Waals surface area contributed by atoms with Crippen LogP contribution in [0.5, 0.6) is 0 Å². The van der Waals surface area contributed by atoms with Crippen molar-refractivity contribution in [2.75, 3.05) is 11.9 Å². The Morgan fingerprint density at radius 3 is 2.50 bits per heavy atom. The van der Waals surface area contributed by atoms with Crippen LogP contribution in [-0.2, 0) is 16.1 Å². The van der Waals surface area contributed by atoms with Crippen LogP contribution >= 0.6 is 23.2 Å². The SMILES string of the molecule is CN1C(=O)C(NC(=O)OCc2ccccc2)N=C(c2ccccc2Cl)c2cc(Cl)ccc21. The normalized spacial score (nSPS) is 15.5. The number of benzene rings is 3. The Bertz CT molecular complexity index is 1200. The van der Waals surface area contributed by atoms with E-state index in [2.05, 4.69) is 10.3 Å². The van der Waals surface area contributed by atoms with Crippen molar-refractivity contribution in [3.8, 4) is 0 Å². The number of aliphatic imine (C=N–C) groups is 1. The number of rotatable bonds is 4. The number of nitrogens with one attached hydrogen (secondary N) is 1. The van der Waals surface area contributed by atoms with Gasteiger partial charge in [0.25, 0.3) is 5.91 Å². The smallest absolute Gasteiger partial charge is 0.409 e. The Balaban J connectivity index is 1.69. The fourth-order valence-electron chi connectivity index (χ4n) is 3.38. The van der Waals surface area contributed by atoms with Gasteiger partial charge in [0, 0.05) is 28.2 Å². The number of ether oxygens (including phenoxy) is 1. The Morgan fingerprint density at radius 1 is 1.03 bits per heavy atom. The molecule has 1 aliphatic heterocycles. The zero-order chi connectivity index (χ0) is 22.7. The molecular weight excluding hydrogens is 449 g/mol. The van der Waals surface area contributed by atoms with Crippen molar-refractivity contribution in [2.24, 2.45) is 4.99 Å². The number of likely N-dealkylation sites (N-methyl/N-ethyl adjacent to an activating group) is 1. The van der Waals surface area contributed by atoms with Crippen LogP contribution in [0.3, 0.4) is 0 Å². The van der Waals surface area contributed by atoms with Crippen molar-refractivity contribution in [1.82, 2.24) is 5.32 Å². The summed E-state index contributed by atoms with van der Waals surface area (Å²) in [5.41, 5.74) is 3.11. The molecule has 4 rings (SSSR count). The van der Waals surface area contributed by atoms with Crippen molar-refractivity contribution >= 4 is 46.6 Å². The third kappa shape index (κ3) is 4.61. The number of amides is 2. The summed E-state index contributed by atoms with van der Waals surface area (Å²) in [6.07, 6.45) is -1.97. The molecule has 3 aromatic rings. The predicted octanol–water partition coefficient (Wildman–Crippen LogP) is 5.06. The van der Waals surface area contributed by atoms with Crippen LogP contribution in [0.15, 0.2) is 77.8 Å². The number of nitrogens with zero attached hydrogens (tertiary/aromatic N) is 2. The molecule has 1 unspecified atom stereocenters. The summed E-state index contributed by atoms with van der Waals surface area (Å²) in [6.45, 7) is 0.0698. The van der Waals surface area contributed by atoms with Crippen LogP contribution in [0.2, 0.25) is 10.0 Å². The van der Waals surface area contributed by atoms with Gasteiger partial charge in [0.1, 0.15) is 6.61 Å². The predicted molar refractivity (Wildman–Crippen MR) is 126 cm³/mol. The van der Waals surface area contributed by atoms with E-state index < -0.39 is 18.2 Å². The van der Waals surface area contributed by atoms with E-state index in [0.717, 1.165) is 5.56 Å². The molecule has 0 radical (unpaired) electrons. The fraction of sp³-hybridized carbons (Fsp3) is 0.125. The van der Waals surface area contributed by atoms with Gasteiger partial charge in [-0.25, -0.2) is 9.79 Å². The minimum absolute atomic E-state index is 0.0698. The van der Waals surface area contributed by atoms with Crippen molar-refractivity contribution in [2.45, 2.75) is 12.8 Å². The van der Waals surface area contributed by atoms with Crippen molar-refractivity contribution < 1.29 is 14.3 Å². The number of benzodiazepines with no additional fused rings is 1. The quantitative estimate of drug-likeness (QED) is 0.582. The van der Waals surface area contributed by atoms with Gasteiger partial charge in [0.05, 0.1) is 11.4 Å². The molecule has 0 saturated heterocycles. The van der Waals surface area contributed by atoms with Gasteiger partial charge < -0.3 is 9.64 Å². The summed E-state index contributed by atoms with van der Waals surface area (Å²) in [5.74, 6) is -0.424. The van der Waals surface area contributed by atoms with E-state index >= 15 is 0 Å². The molecule has 0 saturated carbocycles. The summed E-state index contributed by atoms with van der Waals surface area (Å²) >= 11 is 12.7. The van der Waals surface area contributed by atoms with E-state index in [1.54, 1.807) is 43.4 Å². The van der Waals surface area contributed by atoms with Crippen LogP contribution in [0.25, 0.3) is 0 Å². The van der Waals surface area contributed by atoms with Crippen molar-refractivity contribution in [3.05, 3.63) is 99.5 Å². The van der Waals surface area contributed by atoms with Gasteiger partial charge in [-0.05, 0) is 29.8 Å². The van der Waals surface area contributed by atoms with E-state index in [1.807, 2.05) is 36.4 Å². The summed E-state index contributed by atoms with van der Waals surface area (Å²) < 4.78 is 5.28. The summed E-state index contributed by atoms with van der Waals surface area (Å²) in [6, 6.07) is 21.6. The van der Waals surface area contributed by atoms with Gasteiger partial charge in [0.2, 0.25) is 6.17 Å². The maximum atomic E-state index is 13.1. The van der Waals surface area contributed by atoms with Crippen molar-refractivity contribution in [1.29, 1.82) is 0 Å². The molecule has 0 spiro atoms. The van der Waals surface area contributed by atoms with E-state index in [0.29, 0.717) is 32.6 Å². The zero-order valence-corrected chi connectivity index (χ0v) is 18.6. The first-order valence-electron chi connectivity index (χ1n) is 9.81. The minimum atomic E-state index is -1.21. The zero-order valence-electron chi connectivity index (χ0n) is 17.1. The summed E-state index contributed by atoms with van der Waals surface area (Å²) in [4.78, 5) is 31.6. The van der Waals surface area contributed by atoms with Crippen LogP contribution in [0.1, 0.15) is 16.7 Å². The van der Waals surface area contributed by atoms with Gasteiger partial charge in [0.15, 0.2) is 0 Å². The molecule has 6 nitrogen and oxygen atoms in total. The van der Waals surface area contributed by atoms with Gasteiger partial charge in [-0.2, -0.15) is 0 Å². The number of hydrogen-bond acceptors (Lipinski definition) is 4. The maximum absolute atomic E-state index is 13.1. The highest BCUT2D eigenvalue weighted by molar-refractivity contribution is 6.37. The van der Waals surface area contributed by atoms with E-state index in [1.165, 1.54) is 4.90 Å². The first kappa shape index (κ1) is 21.9. The van der Waals surface area contributed by atoms with Gasteiger partial charge in [-0.15, -0.1) is 0 Å². The highest BCUT2D eigenvalue weighted by atomic mass is 35.5. The van der Waals surface area contributed by atoms with Crippen LogP contribution < -0.4 is 10.2 Å². The lowest BCUT2D eigenvalue weighted by Crippen LogP contribution is -2.46. The molecule has 162 valence electrons. The topological polar surface area (TPSA) is 71.0 Å². The number of carbonyl (C=O) groups excluding carboxylic acids is 2. The Labute approximate surface area is 195 Å². The molecule has 1 N–H and O–H groups in total. The standard InChI is InChI=1S/C24H19Cl2N3O3/c1-29-20-12-11-16(25)13-18(20)21(17-9-5-6-10-19(17)26)27-22(23(29)30)28-24(31)32-14-15-7-3-2-4-8-15/h2-13,22H,14H2,1H3,(H,28,31). The second-order valence-electron chi connectivity index (χ2n) is 7.12. The van der Waals surface area contributed by atoms with Crippen LogP contribution in [0, 0.1) is 0 Å². The summed E-state index contributed by atoms with van der Waals surface area (Å²) in [7, 11) is 1.62. The van der Waals surface area contributed by atoms with Gasteiger partial charge in [-0.3, -0.25) is 10.1 Å². The lowest BCUT2D eigenvalue weighted by Gasteiger charge is -2.21. The highest BCUT2D eigenvalue weighted by Crippen LogP contribution is 2.31. The molecule has 2 amide bonds. The molecule has 0 aliphatic carbocycles. The highest BCUT2D eigenvalue weighted by Gasteiger charge is 2.32. The third-order valence-corrected chi connectivity index (χ3v) is 5.56. The lowest BCUT2D eigenvalue weighted by molar-refractivity contribution is -0.120. The molecule has 1 atom stereocenters. The second kappa shape index (κ2) is 9.42. The third-order valence-electron chi connectivity index (χ3n) is 4.99. The number of halogens is 2. The number of carbonyl (C=O) groups is 2. The molecular formula is C24H19Cl2N3O3. The molecule has 1 heterocycles. The van der Waals surface area contributed by atoms with E-state index in [4.69, 9.17) is 27.9 Å². The van der Waals surface area contributed by atoms with Crippen LogP contribution in [0.4, 0.5) is 10.5 Å². The molecule has 0 fully saturated rings. The minimum Gasteiger partial charge on any atom is -0.445 e. The van der Waals surface area contributed by atoms with Crippen molar-refractivity contribution in [3.63, 3.8) is 0 Å². The number of anilines is 1. The monoisotopic (exact) mass is 467 g/mol. The summed E-state index contributed by atoms with van der Waals surface area (Å²) in [5, 5.41) is 3.50. The molecule has 3 aromatic carbocycles. The number of alkyl carbamates (subject to hydrolysis) is 1. The van der Waals surface area contributed by atoms with E-state index in [-0.39, 0.29) is 6.61 Å². The lowest BCUT2D eigenvalue weighted by atomic mass is 10.00. The Hall–Kier alpha value is -3.35. The fourth-order valence-corrected chi connectivity index (χ4v) is 3.78. The number of hydrogen-bond donors (Lipinski definition) is 1. The van der Waals surface area contributed by atoms with Crippen LogP contribution in [-0.4, -0.2) is 30.9 Å². The molecule has 8 heteroatoms. The first-order valence-corrected chi connectivity index (χ1v) is 10.6. The maximum Gasteiger partial charge on any atom is 0.409 e. The molecule has 0 aromatic heterocycles. The Kier molecular flexibility index (Phi) is 6.44. The average Bonchev–Trinajstić information content (AvgIpc) is 2.89. The first-order chi connectivity index (χ1) is 15.4. The van der Waals surface area contributed by atoms with E-state index in [9.17, 15) is 9.59 Å². The largest absolute Gasteiger partial charge is 0.445 e. The van der Waals surface area contributed by atoms with Gasteiger partial charge >= 0.3 is 6.09 Å². The molecule has 32 heavy (non-hydrogen) atoms. The molecule has 1 aliphatic rings. The Morgan fingerprint density at radius 2 is 1.75 bits per heavy atom. The van der Waals surface area contributed by atoms with Gasteiger partial charge in [-0.1, -0.05) is 71.7 Å².